The molecule has 1 aromatic rings. The summed E-state index contributed by atoms with van der Waals surface area (Å²) in [4.78, 5) is 11.6. The maximum Gasteiger partial charge on any atom is 0.340 e. The second-order valence-electron chi connectivity index (χ2n) is 3.72. The van der Waals surface area contributed by atoms with Gasteiger partial charge in [0, 0.05) is 0 Å². The number of rotatable bonds is 4. The first-order chi connectivity index (χ1) is 8.22. The molecular formula is C12H15NO4. The predicted octanol–water partition coefficient (Wildman–Crippen LogP) is 1.22. The molecule has 0 atom stereocenters. The van der Waals surface area contributed by atoms with Crippen molar-refractivity contribution in [2.45, 2.75) is 13.0 Å². The first-order valence-corrected chi connectivity index (χ1v) is 5.52. The van der Waals surface area contributed by atoms with Crippen molar-refractivity contribution in [2.24, 2.45) is 0 Å². The van der Waals surface area contributed by atoms with E-state index in [2.05, 4.69) is 0 Å². The quantitative estimate of drug-likeness (QED) is 0.629. The molecule has 0 bridgehead atoms. The number of benzene rings is 1. The lowest BCUT2D eigenvalue weighted by molar-refractivity contribution is -0.0794. The Hall–Kier alpha value is -1.75. The number of anilines is 1. The number of para-hydroxylation sites is 1. The Morgan fingerprint density at radius 3 is 2.88 bits per heavy atom. The Labute approximate surface area is 99.5 Å². The van der Waals surface area contributed by atoms with Gasteiger partial charge in [0.1, 0.15) is 11.9 Å². The van der Waals surface area contributed by atoms with Crippen LogP contribution in [0.15, 0.2) is 18.2 Å². The molecule has 1 saturated heterocycles. The minimum Gasteiger partial charge on any atom is -0.483 e. The predicted molar refractivity (Wildman–Crippen MR) is 62.0 cm³/mol. The monoisotopic (exact) mass is 237 g/mol. The molecule has 1 aliphatic rings. The van der Waals surface area contributed by atoms with Gasteiger partial charge in [-0.15, -0.1) is 0 Å². The lowest BCUT2D eigenvalue weighted by atomic mass is 10.1. The van der Waals surface area contributed by atoms with Gasteiger partial charge in [0.25, 0.3) is 0 Å². The topological polar surface area (TPSA) is 70.8 Å². The highest BCUT2D eigenvalue weighted by Gasteiger charge is 2.22. The molecule has 2 N–H and O–H groups in total. The molecule has 1 fully saturated rings. The number of nitrogens with two attached hydrogens (primary N) is 1. The van der Waals surface area contributed by atoms with Gasteiger partial charge in [-0.3, -0.25) is 0 Å². The SMILES string of the molecule is CCOC(=O)c1cccc(OC2COC2)c1N. The first-order valence-electron chi connectivity index (χ1n) is 5.52. The van der Waals surface area contributed by atoms with Crippen LogP contribution in [0.1, 0.15) is 17.3 Å². The maximum atomic E-state index is 11.6. The zero-order valence-electron chi connectivity index (χ0n) is 9.64. The molecule has 0 aliphatic carbocycles. The summed E-state index contributed by atoms with van der Waals surface area (Å²) in [6.45, 7) is 3.19. The van der Waals surface area contributed by atoms with Gasteiger partial charge < -0.3 is 19.9 Å². The summed E-state index contributed by atoms with van der Waals surface area (Å²) < 4.78 is 15.5. The van der Waals surface area contributed by atoms with Gasteiger partial charge in [0.15, 0.2) is 0 Å². The fourth-order valence-electron chi connectivity index (χ4n) is 1.50. The molecule has 5 nitrogen and oxygen atoms in total. The molecule has 1 aliphatic heterocycles. The summed E-state index contributed by atoms with van der Waals surface area (Å²) in [6.07, 6.45) is 0.0229. The summed E-state index contributed by atoms with van der Waals surface area (Å²) in [5, 5.41) is 0. The van der Waals surface area contributed by atoms with Crippen LogP contribution in [-0.4, -0.2) is 31.9 Å². The molecule has 5 heteroatoms. The Morgan fingerprint density at radius 1 is 1.53 bits per heavy atom. The van der Waals surface area contributed by atoms with Crippen LogP contribution in [0.3, 0.4) is 0 Å². The molecule has 0 unspecified atom stereocenters. The fourth-order valence-corrected chi connectivity index (χ4v) is 1.50. The summed E-state index contributed by atoms with van der Waals surface area (Å²) in [7, 11) is 0. The van der Waals surface area contributed by atoms with Crippen molar-refractivity contribution >= 4 is 11.7 Å². The molecule has 17 heavy (non-hydrogen) atoms. The van der Waals surface area contributed by atoms with Crippen LogP contribution in [0.2, 0.25) is 0 Å². The fraction of sp³-hybridized carbons (Fsp3) is 0.417. The van der Waals surface area contributed by atoms with Gasteiger partial charge in [0.05, 0.1) is 31.1 Å². The Bertz CT molecular complexity index is 415. The number of ether oxygens (including phenoxy) is 3. The third-order valence-electron chi connectivity index (χ3n) is 2.46. The molecule has 0 saturated carbocycles. The molecule has 1 aromatic carbocycles. The number of esters is 1. The molecule has 0 aromatic heterocycles. The second kappa shape index (κ2) is 5.05. The highest BCUT2D eigenvalue weighted by Crippen LogP contribution is 2.27. The van der Waals surface area contributed by atoms with Gasteiger partial charge >= 0.3 is 5.97 Å². The molecule has 2 rings (SSSR count). The van der Waals surface area contributed by atoms with Crippen molar-refractivity contribution in [2.75, 3.05) is 25.6 Å². The second-order valence-corrected chi connectivity index (χ2v) is 3.72. The van der Waals surface area contributed by atoms with Crippen molar-refractivity contribution in [3.8, 4) is 5.75 Å². The average Bonchev–Trinajstić information content (AvgIpc) is 2.25. The van der Waals surface area contributed by atoms with Crippen LogP contribution >= 0.6 is 0 Å². The zero-order valence-corrected chi connectivity index (χ0v) is 9.64. The third kappa shape index (κ3) is 2.50. The number of nitrogen functional groups attached to an aromatic ring is 1. The molecular weight excluding hydrogens is 222 g/mol. The smallest absolute Gasteiger partial charge is 0.340 e. The van der Waals surface area contributed by atoms with Crippen molar-refractivity contribution in [1.29, 1.82) is 0 Å². The van der Waals surface area contributed by atoms with Crippen LogP contribution in [0.5, 0.6) is 5.75 Å². The number of hydrogen-bond acceptors (Lipinski definition) is 5. The van der Waals surface area contributed by atoms with E-state index in [9.17, 15) is 4.79 Å². The highest BCUT2D eigenvalue weighted by atomic mass is 16.6. The van der Waals surface area contributed by atoms with Crippen LogP contribution in [0.25, 0.3) is 0 Å². The van der Waals surface area contributed by atoms with Gasteiger partial charge in [-0.25, -0.2) is 4.79 Å². The minimum absolute atomic E-state index is 0.0229. The van der Waals surface area contributed by atoms with E-state index in [1.807, 2.05) is 0 Å². The van der Waals surface area contributed by atoms with E-state index >= 15 is 0 Å². The first kappa shape index (κ1) is 11.7. The van der Waals surface area contributed by atoms with Gasteiger partial charge in [0.2, 0.25) is 0 Å². The summed E-state index contributed by atoms with van der Waals surface area (Å²) >= 11 is 0. The summed E-state index contributed by atoms with van der Waals surface area (Å²) in [6, 6.07) is 5.07. The number of carbonyl (C=O) groups excluding carboxylic acids is 1. The Balaban J connectivity index is 2.16. The minimum atomic E-state index is -0.430. The summed E-state index contributed by atoms with van der Waals surface area (Å²) in [5.74, 6) is 0.0733. The lowest BCUT2D eigenvalue weighted by Gasteiger charge is -2.27. The molecule has 0 amide bonds. The van der Waals surface area contributed by atoms with Crippen LogP contribution in [0, 0.1) is 0 Å². The van der Waals surface area contributed by atoms with E-state index < -0.39 is 5.97 Å². The van der Waals surface area contributed by atoms with E-state index in [0.29, 0.717) is 36.8 Å². The highest BCUT2D eigenvalue weighted by molar-refractivity contribution is 5.96. The molecule has 0 spiro atoms. The molecule has 92 valence electrons. The normalized spacial score (nSPS) is 15.1. The third-order valence-corrected chi connectivity index (χ3v) is 2.46. The standard InChI is InChI=1S/C12H15NO4/c1-2-16-12(14)9-4-3-5-10(11(9)13)17-8-6-15-7-8/h3-5,8H,2,6-7,13H2,1H3. The maximum absolute atomic E-state index is 11.6. The van der Waals surface area contributed by atoms with E-state index in [0.717, 1.165) is 0 Å². The largest absolute Gasteiger partial charge is 0.483 e. The number of carbonyl (C=O) groups is 1. The van der Waals surface area contributed by atoms with E-state index in [-0.39, 0.29) is 6.10 Å². The van der Waals surface area contributed by atoms with E-state index in [1.54, 1.807) is 25.1 Å². The van der Waals surface area contributed by atoms with E-state index in [1.165, 1.54) is 0 Å². The van der Waals surface area contributed by atoms with Crippen LogP contribution < -0.4 is 10.5 Å². The van der Waals surface area contributed by atoms with Crippen LogP contribution in [-0.2, 0) is 9.47 Å². The average molecular weight is 237 g/mol. The van der Waals surface area contributed by atoms with Crippen molar-refractivity contribution < 1.29 is 19.0 Å². The number of hydrogen-bond donors (Lipinski definition) is 1. The molecule has 0 radical (unpaired) electrons. The van der Waals surface area contributed by atoms with Gasteiger partial charge in [-0.1, -0.05) is 6.07 Å². The van der Waals surface area contributed by atoms with Crippen molar-refractivity contribution in [3.63, 3.8) is 0 Å². The zero-order chi connectivity index (χ0) is 12.3. The van der Waals surface area contributed by atoms with Crippen molar-refractivity contribution in [1.82, 2.24) is 0 Å². The van der Waals surface area contributed by atoms with E-state index in [4.69, 9.17) is 19.9 Å². The van der Waals surface area contributed by atoms with Gasteiger partial charge in [-0.2, -0.15) is 0 Å². The van der Waals surface area contributed by atoms with Gasteiger partial charge in [-0.05, 0) is 19.1 Å². The Kier molecular flexibility index (Phi) is 3.49. The summed E-state index contributed by atoms with van der Waals surface area (Å²) in [5.41, 5.74) is 6.53. The van der Waals surface area contributed by atoms with Crippen LogP contribution in [0.4, 0.5) is 5.69 Å². The lowest BCUT2D eigenvalue weighted by Crippen LogP contribution is -2.38. The molecule has 1 heterocycles. The Morgan fingerprint density at radius 2 is 2.29 bits per heavy atom. The van der Waals surface area contributed by atoms with Crippen molar-refractivity contribution in [3.05, 3.63) is 23.8 Å².